The van der Waals surface area contributed by atoms with E-state index >= 15 is 0 Å². The first kappa shape index (κ1) is 11.7. The molecule has 0 aliphatic rings. The summed E-state index contributed by atoms with van der Waals surface area (Å²) in [6, 6.07) is 4.98. The molecule has 0 saturated carbocycles. The molecule has 0 aliphatic carbocycles. The van der Waals surface area contributed by atoms with Crippen molar-refractivity contribution >= 4 is 27.6 Å². The van der Waals surface area contributed by atoms with Gasteiger partial charge in [0, 0.05) is 24.1 Å². The number of rotatable bonds is 3. The molecular weight excluding hydrogens is 286 g/mol. The molecule has 2 N–H and O–H groups in total. The van der Waals surface area contributed by atoms with Gasteiger partial charge in [-0.25, -0.2) is 9.97 Å². The molecule has 0 atom stereocenters. The van der Waals surface area contributed by atoms with E-state index in [0.29, 0.717) is 17.4 Å². The molecule has 1 heterocycles. The second-order valence-electron chi connectivity index (χ2n) is 3.24. The van der Waals surface area contributed by atoms with E-state index in [2.05, 4.69) is 31.2 Å². The second-order valence-corrected chi connectivity index (χ2v) is 4.15. The van der Waals surface area contributed by atoms with Gasteiger partial charge >= 0.3 is 0 Å². The smallest absolute Gasteiger partial charge is 0.227 e. The largest absolute Gasteiger partial charge is 0.504 e. The predicted octanol–water partition coefficient (Wildman–Crippen LogP) is 2.70. The lowest BCUT2D eigenvalue weighted by Crippen LogP contribution is -1.96. The van der Waals surface area contributed by atoms with Crippen LogP contribution in [-0.2, 0) is 0 Å². The Balaban J connectivity index is 2.19. The van der Waals surface area contributed by atoms with Gasteiger partial charge in [0.25, 0.3) is 0 Å². The molecule has 2 rings (SSSR count). The maximum atomic E-state index is 9.60. The number of hydrogen-bond donors (Lipinski definition) is 2. The number of nitrogens with one attached hydrogen (secondary N) is 1. The zero-order chi connectivity index (χ0) is 12.3. The highest BCUT2D eigenvalue weighted by Crippen LogP contribution is 2.29. The number of ether oxygens (including phenoxy) is 1. The Labute approximate surface area is 107 Å². The molecular formula is C11H10BrN3O2. The van der Waals surface area contributed by atoms with Crippen molar-refractivity contribution in [2.24, 2.45) is 0 Å². The molecule has 17 heavy (non-hydrogen) atoms. The van der Waals surface area contributed by atoms with E-state index < -0.39 is 0 Å². The minimum Gasteiger partial charge on any atom is -0.504 e. The van der Waals surface area contributed by atoms with Crippen LogP contribution in [0.2, 0.25) is 0 Å². The molecule has 0 spiro atoms. The van der Waals surface area contributed by atoms with Crippen LogP contribution < -0.4 is 10.1 Å². The van der Waals surface area contributed by atoms with Crippen LogP contribution in [0.25, 0.3) is 0 Å². The van der Waals surface area contributed by atoms with Gasteiger partial charge in [0.05, 0.1) is 11.6 Å². The average molecular weight is 296 g/mol. The van der Waals surface area contributed by atoms with Crippen LogP contribution in [0.15, 0.2) is 35.1 Å². The van der Waals surface area contributed by atoms with Crippen molar-refractivity contribution in [3.63, 3.8) is 0 Å². The van der Waals surface area contributed by atoms with Gasteiger partial charge in [-0.3, -0.25) is 0 Å². The molecule has 0 fully saturated rings. The number of phenols is 1. The SMILES string of the molecule is COc1ccc(Nc2ncc(Br)cn2)cc1O. The topological polar surface area (TPSA) is 67.3 Å². The van der Waals surface area contributed by atoms with Gasteiger partial charge in [-0.15, -0.1) is 0 Å². The fourth-order valence-corrected chi connectivity index (χ4v) is 1.48. The van der Waals surface area contributed by atoms with Crippen LogP contribution in [0.5, 0.6) is 11.5 Å². The van der Waals surface area contributed by atoms with Gasteiger partial charge in [-0.05, 0) is 28.1 Å². The monoisotopic (exact) mass is 295 g/mol. The van der Waals surface area contributed by atoms with Gasteiger partial charge in [0.2, 0.25) is 5.95 Å². The van der Waals surface area contributed by atoms with E-state index in [-0.39, 0.29) is 5.75 Å². The van der Waals surface area contributed by atoms with Crippen molar-refractivity contribution < 1.29 is 9.84 Å². The number of methoxy groups -OCH3 is 1. The Kier molecular flexibility index (Phi) is 3.43. The minimum absolute atomic E-state index is 0.0645. The lowest BCUT2D eigenvalue weighted by atomic mass is 10.3. The lowest BCUT2D eigenvalue weighted by molar-refractivity contribution is 0.373. The number of anilines is 2. The van der Waals surface area contributed by atoms with E-state index in [1.165, 1.54) is 7.11 Å². The molecule has 0 aliphatic heterocycles. The molecule has 5 nitrogen and oxygen atoms in total. The predicted molar refractivity (Wildman–Crippen MR) is 67.7 cm³/mol. The van der Waals surface area contributed by atoms with E-state index in [9.17, 15) is 5.11 Å². The molecule has 0 unspecified atom stereocenters. The fourth-order valence-electron chi connectivity index (χ4n) is 1.27. The molecule has 1 aromatic carbocycles. The maximum absolute atomic E-state index is 9.60. The maximum Gasteiger partial charge on any atom is 0.227 e. The Morgan fingerprint density at radius 1 is 1.29 bits per heavy atom. The summed E-state index contributed by atoms with van der Waals surface area (Å²) < 4.78 is 5.76. The number of phenolic OH excluding ortho intramolecular Hbond substituents is 1. The zero-order valence-corrected chi connectivity index (χ0v) is 10.6. The third-order valence-electron chi connectivity index (χ3n) is 2.06. The van der Waals surface area contributed by atoms with Crippen molar-refractivity contribution in [1.82, 2.24) is 9.97 Å². The Hall–Kier alpha value is -1.82. The van der Waals surface area contributed by atoms with Crippen LogP contribution in [0.1, 0.15) is 0 Å². The normalized spacial score (nSPS) is 10.0. The van der Waals surface area contributed by atoms with Crippen LogP contribution in [0.3, 0.4) is 0 Å². The molecule has 6 heteroatoms. The molecule has 0 bridgehead atoms. The summed E-state index contributed by atoms with van der Waals surface area (Å²) in [6.07, 6.45) is 3.28. The molecule has 0 saturated heterocycles. The molecule has 0 amide bonds. The third kappa shape index (κ3) is 2.85. The van der Waals surface area contributed by atoms with Crippen molar-refractivity contribution in [2.75, 3.05) is 12.4 Å². The molecule has 0 radical (unpaired) electrons. The number of nitrogens with zero attached hydrogens (tertiary/aromatic N) is 2. The molecule has 1 aromatic heterocycles. The second kappa shape index (κ2) is 5.01. The number of halogens is 1. The minimum atomic E-state index is 0.0645. The van der Waals surface area contributed by atoms with E-state index in [1.807, 2.05) is 0 Å². The van der Waals surface area contributed by atoms with E-state index in [1.54, 1.807) is 30.6 Å². The van der Waals surface area contributed by atoms with Gasteiger partial charge in [0.1, 0.15) is 0 Å². The summed E-state index contributed by atoms with van der Waals surface area (Å²) in [6.45, 7) is 0. The first-order chi connectivity index (χ1) is 8.19. The third-order valence-corrected chi connectivity index (χ3v) is 2.46. The highest BCUT2D eigenvalue weighted by atomic mass is 79.9. The molecule has 2 aromatic rings. The summed E-state index contributed by atoms with van der Waals surface area (Å²) in [5.41, 5.74) is 0.686. The fraction of sp³-hybridized carbons (Fsp3) is 0.0909. The van der Waals surface area contributed by atoms with Crippen LogP contribution in [0.4, 0.5) is 11.6 Å². The van der Waals surface area contributed by atoms with Crippen molar-refractivity contribution in [3.05, 3.63) is 35.1 Å². The lowest BCUT2D eigenvalue weighted by Gasteiger charge is -2.07. The van der Waals surface area contributed by atoms with Crippen molar-refractivity contribution in [1.29, 1.82) is 0 Å². The first-order valence-electron chi connectivity index (χ1n) is 4.80. The average Bonchev–Trinajstić information content (AvgIpc) is 2.32. The van der Waals surface area contributed by atoms with Crippen molar-refractivity contribution in [2.45, 2.75) is 0 Å². The van der Waals surface area contributed by atoms with E-state index in [4.69, 9.17) is 4.74 Å². The Morgan fingerprint density at radius 2 is 2.00 bits per heavy atom. The van der Waals surface area contributed by atoms with Gasteiger partial charge in [0.15, 0.2) is 11.5 Å². The van der Waals surface area contributed by atoms with Gasteiger partial charge in [-0.1, -0.05) is 0 Å². The van der Waals surface area contributed by atoms with Gasteiger partial charge in [-0.2, -0.15) is 0 Å². The summed E-state index contributed by atoms with van der Waals surface area (Å²) in [4.78, 5) is 8.13. The summed E-state index contributed by atoms with van der Waals surface area (Å²) in [7, 11) is 1.50. The Bertz CT molecular complexity index is 517. The van der Waals surface area contributed by atoms with E-state index in [0.717, 1.165) is 4.47 Å². The zero-order valence-electron chi connectivity index (χ0n) is 9.01. The summed E-state index contributed by atoms with van der Waals surface area (Å²) >= 11 is 3.25. The van der Waals surface area contributed by atoms with Crippen LogP contribution >= 0.6 is 15.9 Å². The number of benzene rings is 1. The van der Waals surface area contributed by atoms with Gasteiger partial charge < -0.3 is 15.2 Å². The summed E-state index contributed by atoms with van der Waals surface area (Å²) in [5.74, 6) is 0.944. The highest BCUT2D eigenvalue weighted by molar-refractivity contribution is 9.10. The number of aromatic nitrogens is 2. The van der Waals surface area contributed by atoms with Crippen LogP contribution in [0, 0.1) is 0 Å². The van der Waals surface area contributed by atoms with Crippen LogP contribution in [-0.4, -0.2) is 22.2 Å². The Morgan fingerprint density at radius 3 is 2.59 bits per heavy atom. The number of hydrogen-bond acceptors (Lipinski definition) is 5. The standard InChI is InChI=1S/C11H10BrN3O2/c1-17-10-3-2-8(4-9(10)16)15-11-13-5-7(12)6-14-11/h2-6,16H,1H3,(H,13,14,15). The summed E-state index contributed by atoms with van der Waals surface area (Å²) in [5, 5.41) is 12.6. The molecule has 88 valence electrons. The number of aromatic hydroxyl groups is 1. The highest BCUT2D eigenvalue weighted by Gasteiger charge is 2.03. The quantitative estimate of drug-likeness (QED) is 0.911. The van der Waals surface area contributed by atoms with Crippen molar-refractivity contribution in [3.8, 4) is 11.5 Å². The first-order valence-corrected chi connectivity index (χ1v) is 5.60.